The molecule has 0 fully saturated rings. The average molecular weight is 683 g/mol. The fourth-order valence-corrected chi connectivity index (χ4v) is 5.53. The Morgan fingerprint density at radius 3 is 0.870 bits per heavy atom. The minimum Gasteiger partial charge on any atom is -0.394 e. The van der Waals surface area contributed by atoms with Crippen molar-refractivity contribution in [1.82, 2.24) is 0 Å². The summed E-state index contributed by atoms with van der Waals surface area (Å²) in [5.41, 5.74) is 0. The summed E-state index contributed by atoms with van der Waals surface area (Å²) >= 11 is 2.01. The van der Waals surface area contributed by atoms with Crippen LogP contribution in [0.3, 0.4) is 0 Å². The number of aliphatic hydroxyl groups is 1. The molecule has 0 aliphatic carbocycles. The maximum absolute atomic E-state index is 8.59. The normalized spacial score (nSPS) is 11.6. The Bertz CT molecular complexity index is 476. The maximum atomic E-state index is 8.59. The summed E-state index contributed by atoms with van der Waals surface area (Å²) in [4.78, 5) is 0. The average Bonchev–Trinajstić information content (AvgIpc) is 3.07. The van der Waals surface area contributed by atoms with E-state index < -0.39 is 0 Å². The molecule has 9 nitrogen and oxygen atoms in total. The topological polar surface area (TPSA) is 94.1 Å². The van der Waals surface area contributed by atoms with E-state index in [0.29, 0.717) is 99.1 Å². The second-order valence-corrected chi connectivity index (χ2v) is 12.8. The number of ether oxygens (including phenoxy) is 8. The van der Waals surface area contributed by atoms with Gasteiger partial charge in [0, 0.05) is 5.75 Å². The summed E-state index contributed by atoms with van der Waals surface area (Å²) in [5, 5.41) is 8.59. The van der Waals surface area contributed by atoms with Crippen molar-refractivity contribution < 1.29 is 43.0 Å². The minimum atomic E-state index is 0.0349. The molecule has 0 spiro atoms. The first-order valence-corrected chi connectivity index (χ1v) is 19.9. The van der Waals surface area contributed by atoms with Crippen molar-refractivity contribution in [3.05, 3.63) is 0 Å². The van der Waals surface area contributed by atoms with Crippen LogP contribution in [0, 0.1) is 0 Å². The van der Waals surface area contributed by atoms with Crippen molar-refractivity contribution in [3.8, 4) is 0 Å². The van der Waals surface area contributed by atoms with Crippen molar-refractivity contribution in [2.45, 2.75) is 110 Å². The van der Waals surface area contributed by atoms with Crippen LogP contribution in [0.15, 0.2) is 0 Å². The van der Waals surface area contributed by atoms with Crippen molar-refractivity contribution in [1.29, 1.82) is 0 Å². The van der Waals surface area contributed by atoms with E-state index >= 15 is 0 Å². The zero-order chi connectivity index (χ0) is 33.1. The van der Waals surface area contributed by atoms with Gasteiger partial charge in [0.2, 0.25) is 0 Å². The van der Waals surface area contributed by atoms with Gasteiger partial charge < -0.3 is 43.0 Å². The van der Waals surface area contributed by atoms with E-state index in [4.69, 9.17) is 43.0 Å². The fraction of sp³-hybridized carbons (Fsp3) is 1.00. The largest absolute Gasteiger partial charge is 0.394 e. The standard InChI is InChI=1S/C36H74O9S/c1-2-3-4-5-6-7-8-9-10-11-12-13-14-15-16-17-35-46-36-34-45-33-32-44-31-30-43-29-28-42-27-26-41-25-24-40-23-22-39-21-20-38-19-18-37/h37H,2-36H2,1H3. The van der Waals surface area contributed by atoms with Gasteiger partial charge in [-0.3, -0.25) is 0 Å². The molecule has 0 aromatic rings. The van der Waals surface area contributed by atoms with Gasteiger partial charge in [-0.2, -0.15) is 11.8 Å². The van der Waals surface area contributed by atoms with E-state index in [-0.39, 0.29) is 6.61 Å². The van der Waals surface area contributed by atoms with E-state index in [1.807, 2.05) is 11.8 Å². The Balaban J connectivity index is 3.03. The third kappa shape index (κ3) is 44.0. The third-order valence-electron chi connectivity index (χ3n) is 7.35. The molecule has 0 radical (unpaired) electrons. The molecule has 0 rings (SSSR count). The Labute approximate surface area is 287 Å². The zero-order valence-corrected chi connectivity index (χ0v) is 30.7. The number of unbranched alkanes of at least 4 members (excludes halogenated alkanes) is 15. The van der Waals surface area contributed by atoms with E-state index in [1.54, 1.807) is 0 Å². The lowest BCUT2D eigenvalue weighted by Gasteiger charge is -2.08. The number of rotatable bonds is 43. The molecule has 0 aromatic carbocycles. The van der Waals surface area contributed by atoms with E-state index in [9.17, 15) is 0 Å². The highest BCUT2D eigenvalue weighted by Crippen LogP contribution is 2.14. The van der Waals surface area contributed by atoms with Gasteiger partial charge >= 0.3 is 0 Å². The van der Waals surface area contributed by atoms with Crippen LogP contribution in [-0.2, 0) is 37.9 Å². The van der Waals surface area contributed by atoms with Gasteiger partial charge in [-0.05, 0) is 12.2 Å². The van der Waals surface area contributed by atoms with Crippen LogP contribution in [0.5, 0.6) is 0 Å². The van der Waals surface area contributed by atoms with Crippen molar-refractivity contribution in [2.24, 2.45) is 0 Å². The molecule has 0 amide bonds. The van der Waals surface area contributed by atoms with Gasteiger partial charge in [0.1, 0.15) is 0 Å². The Hall–Kier alpha value is -0.0100. The molecule has 0 bridgehead atoms. The molecule has 0 aliphatic rings. The van der Waals surface area contributed by atoms with Gasteiger partial charge in [0.25, 0.3) is 0 Å². The molecule has 46 heavy (non-hydrogen) atoms. The van der Waals surface area contributed by atoms with E-state index in [0.717, 1.165) is 12.4 Å². The maximum Gasteiger partial charge on any atom is 0.0701 e. The van der Waals surface area contributed by atoms with Crippen LogP contribution in [0.4, 0.5) is 0 Å². The second kappa shape index (κ2) is 45.0. The Kier molecular flexibility index (Phi) is 45.0. The van der Waals surface area contributed by atoms with Crippen LogP contribution in [0.25, 0.3) is 0 Å². The molecule has 0 saturated heterocycles. The van der Waals surface area contributed by atoms with Crippen LogP contribution in [0.1, 0.15) is 110 Å². The Morgan fingerprint density at radius 1 is 0.304 bits per heavy atom. The molecule has 0 saturated carbocycles. The predicted molar refractivity (Wildman–Crippen MR) is 191 cm³/mol. The number of aliphatic hydroxyl groups excluding tert-OH is 1. The lowest BCUT2D eigenvalue weighted by molar-refractivity contribution is -0.0235. The minimum absolute atomic E-state index is 0.0349. The summed E-state index contributed by atoms with van der Waals surface area (Å²) in [6.07, 6.45) is 22.8. The van der Waals surface area contributed by atoms with Crippen molar-refractivity contribution in [2.75, 3.05) is 124 Å². The quantitative estimate of drug-likeness (QED) is 0.0671. The van der Waals surface area contributed by atoms with Crippen molar-refractivity contribution in [3.63, 3.8) is 0 Å². The van der Waals surface area contributed by atoms with Gasteiger partial charge in [-0.1, -0.05) is 103 Å². The molecule has 0 aromatic heterocycles. The van der Waals surface area contributed by atoms with Crippen molar-refractivity contribution >= 4 is 11.8 Å². The molecule has 278 valence electrons. The van der Waals surface area contributed by atoms with Gasteiger partial charge in [0.05, 0.1) is 112 Å². The highest BCUT2D eigenvalue weighted by Gasteiger charge is 1.97. The molecule has 0 atom stereocenters. The van der Waals surface area contributed by atoms with Crippen LogP contribution < -0.4 is 0 Å². The number of hydrogen-bond donors (Lipinski definition) is 1. The fourth-order valence-electron chi connectivity index (χ4n) is 4.68. The van der Waals surface area contributed by atoms with Gasteiger partial charge in [-0.25, -0.2) is 0 Å². The van der Waals surface area contributed by atoms with E-state index in [1.165, 1.54) is 108 Å². The summed E-state index contributed by atoms with van der Waals surface area (Å²) in [5.74, 6) is 2.32. The number of thioether (sulfide) groups is 1. The summed E-state index contributed by atoms with van der Waals surface area (Å²) < 4.78 is 43.5. The lowest BCUT2D eigenvalue weighted by Crippen LogP contribution is -2.15. The second-order valence-electron chi connectivity index (χ2n) is 11.5. The molecule has 0 heterocycles. The molecule has 0 aliphatic heterocycles. The van der Waals surface area contributed by atoms with Gasteiger partial charge in [-0.15, -0.1) is 0 Å². The molecular weight excluding hydrogens is 608 g/mol. The monoisotopic (exact) mass is 683 g/mol. The summed E-state index contributed by atoms with van der Waals surface area (Å²) in [6, 6.07) is 0. The predicted octanol–water partition coefficient (Wildman–Crippen LogP) is 7.11. The molecule has 0 unspecified atom stereocenters. The smallest absolute Gasteiger partial charge is 0.0701 e. The summed E-state index contributed by atoms with van der Waals surface area (Å²) in [6.45, 7) is 11.1. The SMILES string of the molecule is CCCCCCCCCCCCCCCCCCSCCOCCOCCOCCOCCOCCOCCOCCOCCO. The highest BCUT2D eigenvalue weighted by molar-refractivity contribution is 7.99. The van der Waals surface area contributed by atoms with E-state index in [2.05, 4.69) is 6.92 Å². The van der Waals surface area contributed by atoms with Crippen LogP contribution in [-0.4, -0.2) is 129 Å². The van der Waals surface area contributed by atoms with Crippen LogP contribution >= 0.6 is 11.8 Å². The summed E-state index contributed by atoms with van der Waals surface area (Å²) in [7, 11) is 0. The first-order chi connectivity index (χ1) is 22.9. The zero-order valence-electron chi connectivity index (χ0n) is 29.9. The van der Waals surface area contributed by atoms with Crippen LogP contribution in [0.2, 0.25) is 0 Å². The van der Waals surface area contributed by atoms with Gasteiger partial charge in [0.15, 0.2) is 0 Å². The first kappa shape index (κ1) is 46.0. The molecule has 1 N–H and O–H groups in total. The first-order valence-electron chi connectivity index (χ1n) is 18.7. The highest BCUT2D eigenvalue weighted by atomic mass is 32.2. The molecular formula is C36H74O9S. The third-order valence-corrected chi connectivity index (χ3v) is 8.39. The number of hydrogen-bond acceptors (Lipinski definition) is 10. The molecule has 10 heteroatoms. The Morgan fingerprint density at radius 2 is 0.565 bits per heavy atom. The lowest BCUT2D eigenvalue weighted by atomic mass is 10.0.